The molecule has 62 valence electrons. The predicted molar refractivity (Wildman–Crippen MR) is 52.8 cm³/mol. The highest BCUT2D eigenvalue weighted by molar-refractivity contribution is 6.04. The topological polar surface area (TPSA) is 0 Å². The first-order valence-corrected chi connectivity index (χ1v) is 4.25. The van der Waals surface area contributed by atoms with Crippen molar-refractivity contribution in [1.82, 2.24) is 0 Å². The Morgan fingerprint density at radius 1 is 0.923 bits per heavy atom. The zero-order chi connectivity index (χ0) is 8.84. The van der Waals surface area contributed by atoms with E-state index in [0.717, 1.165) is 21.9 Å². The van der Waals surface area contributed by atoms with Crippen LogP contribution in [0.25, 0.3) is 22.9 Å². The largest absolute Gasteiger partial charge is 0.206 e. The molecule has 0 heterocycles. The van der Waals surface area contributed by atoms with Crippen LogP contribution in [0.15, 0.2) is 30.3 Å². The molecule has 3 rings (SSSR count). The Bertz CT molecular complexity index is 524. The summed E-state index contributed by atoms with van der Waals surface area (Å²) in [6.07, 6.45) is 3.80. The number of rotatable bonds is 0. The molecule has 0 radical (unpaired) electrons. The number of halogens is 1. The molecule has 0 aromatic heterocycles. The summed E-state index contributed by atoms with van der Waals surface area (Å²) in [6, 6.07) is 9.36. The van der Waals surface area contributed by atoms with Gasteiger partial charge in [-0.05, 0) is 22.4 Å². The zero-order valence-electron chi connectivity index (χ0n) is 6.92. The van der Waals surface area contributed by atoms with Gasteiger partial charge in [0.15, 0.2) is 0 Å². The summed E-state index contributed by atoms with van der Waals surface area (Å²) in [6.45, 7) is 0. The Balaban J connectivity index is 2.62. The SMILES string of the molecule is Fc1ccc2cccc3c2c1C=C3. The van der Waals surface area contributed by atoms with Crippen LogP contribution >= 0.6 is 0 Å². The normalized spacial score (nSPS) is 12.7. The van der Waals surface area contributed by atoms with E-state index in [-0.39, 0.29) is 5.82 Å². The van der Waals surface area contributed by atoms with Crippen molar-refractivity contribution in [1.29, 1.82) is 0 Å². The highest BCUT2D eigenvalue weighted by atomic mass is 19.1. The summed E-state index contributed by atoms with van der Waals surface area (Å²) in [5.41, 5.74) is 1.85. The number of hydrogen-bond acceptors (Lipinski definition) is 0. The van der Waals surface area contributed by atoms with Crippen molar-refractivity contribution in [2.24, 2.45) is 0 Å². The second-order valence-electron chi connectivity index (χ2n) is 3.24. The minimum atomic E-state index is -0.131. The van der Waals surface area contributed by atoms with Gasteiger partial charge in [0.2, 0.25) is 0 Å². The third-order valence-electron chi connectivity index (χ3n) is 2.49. The summed E-state index contributed by atoms with van der Waals surface area (Å²) in [7, 11) is 0. The second-order valence-corrected chi connectivity index (χ2v) is 3.24. The number of benzene rings is 2. The summed E-state index contributed by atoms with van der Waals surface area (Å²) >= 11 is 0. The van der Waals surface area contributed by atoms with Crippen LogP contribution < -0.4 is 0 Å². The molecule has 0 aliphatic heterocycles. The van der Waals surface area contributed by atoms with Crippen LogP contribution in [-0.2, 0) is 0 Å². The third kappa shape index (κ3) is 0.788. The molecule has 0 spiro atoms. The van der Waals surface area contributed by atoms with E-state index in [1.54, 1.807) is 0 Å². The fourth-order valence-electron chi connectivity index (χ4n) is 1.89. The van der Waals surface area contributed by atoms with Crippen LogP contribution in [0.1, 0.15) is 11.1 Å². The lowest BCUT2D eigenvalue weighted by Gasteiger charge is -2.01. The molecule has 0 unspecified atom stereocenters. The Kier molecular flexibility index (Phi) is 1.15. The van der Waals surface area contributed by atoms with E-state index < -0.39 is 0 Å². The van der Waals surface area contributed by atoms with Crippen LogP contribution in [0.2, 0.25) is 0 Å². The van der Waals surface area contributed by atoms with Crippen molar-refractivity contribution in [3.05, 3.63) is 47.3 Å². The van der Waals surface area contributed by atoms with E-state index in [9.17, 15) is 4.39 Å². The molecule has 2 aromatic carbocycles. The fraction of sp³-hybridized carbons (Fsp3) is 0. The summed E-state index contributed by atoms with van der Waals surface area (Å²) in [5, 5.41) is 2.15. The lowest BCUT2D eigenvalue weighted by molar-refractivity contribution is 0.627. The van der Waals surface area contributed by atoms with Crippen LogP contribution in [0.4, 0.5) is 4.39 Å². The Labute approximate surface area is 75.3 Å². The summed E-state index contributed by atoms with van der Waals surface area (Å²) < 4.78 is 13.3. The lowest BCUT2D eigenvalue weighted by atomic mass is 10.0. The van der Waals surface area contributed by atoms with Gasteiger partial charge in [0.05, 0.1) is 0 Å². The van der Waals surface area contributed by atoms with Crippen LogP contribution in [0.5, 0.6) is 0 Å². The maximum atomic E-state index is 13.3. The molecule has 0 saturated heterocycles. The van der Waals surface area contributed by atoms with Crippen LogP contribution in [0, 0.1) is 5.82 Å². The average Bonchev–Trinajstić information content (AvgIpc) is 2.57. The van der Waals surface area contributed by atoms with Gasteiger partial charge in [-0.1, -0.05) is 36.4 Å². The van der Waals surface area contributed by atoms with Gasteiger partial charge in [-0.25, -0.2) is 4.39 Å². The van der Waals surface area contributed by atoms with Crippen LogP contribution in [0.3, 0.4) is 0 Å². The second kappa shape index (κ2) is 2.19. The molecule has 0 nitrogen and oxygen atoms in total. The number of hydrogen-bond donors (Lipinski definition) is 0. The maximum absolute atomic E-state index is 13.3. The fourth-order valence-corrected chi connectivity index (χ4v) is 1.89. The van der Waals surface area contributed by atoms with E-state index in [2.05, 4.69) is 0 Å². The van der Waals surface area contributed by atoms with Gasteiger partial charge in [0, 0.05) is 5.56 Å². The first-order chi connectivity index (χ1) is 6.36. The summed E-state index contributed by atoms with van der Waals surface area (Å²) in [4.78, 5) is 0. The molecule has 0 saturated carbocycles. The van der Waals surface area contributed by atoms with E-state index >= 15 is 0 Å². The van der Waals surface area contributed by atoms with Gasteiger partial charge in [0.1, 0.15) is 5.82 Å². The molecule has 1 aliphatic carbocycles. The van der Waals surface area contributed by atoms with Crippen molar-refractivity contribution in [2.75, 3.05) is 0 Å². The standard InChI is InChI=1S/C12H7F/c13-11-7-5-9-3-1-2-8-4-6-10(11)12(8)9/h1-7H. The quantitative estimate of drug-likeness (QED) is 0.484. The van der Waals surface area contributed by atoms with Crippen LogP contribution in [-0.4, -0.2) is 0 Å². The monoisotopic (exact) mass is 170 g/mol. The first kappa shape index (κ1) is 6.84. The van der Waals surface area contributed by atoms with E-state index in [0.29, 0.717) is 0 Å². The minimum Gasteiger partial charge on any atom is -0.206 e. The predicted octanol–water partition coefficient (Wildman–Crippen LogP) is 3.46. The molecule has 0 fully saturated rings. The molecule has 0 bridgehead atoms. The highest BCUT2D eigenvalue weighted by Gasteiger charge is 2.11. The third-order valence-corrected chi connectivity index (χ3v) is 2.49. The first-order valence-electron chi connectivity index (χ1n) is 4.25. The average molecular weight is 170 g/mol. The molecule has 13 heavy (non-hydrogen) atoms. The van der Waals surface area contributed by atoms with E-state index in [1.165, 1.54) is 6.07 Å². The smallest absolute Gasteiger partial charge is 0.131 e. The summed E-state index contributed by atoms with van der Waals surface area (Å²) in [5.74, 6) is -0.131. The van der Waals surface area contributed by atoms with Gasteiger partial charge in [-0.2, -0.15) is 0 Å². The van der Waals surface area contributed by atoms with Crippen molar-refractivity contribution in [3.63, 3.8) is 0 Å². The molecular formula is C12H7F. The molecule has 0 N–H and O–H groups in total. The van der Waals surface area contributed by atoms with Crippen molar-refractivity contribution in [3.8, 4) is 0 Å². The zero-order valence-corrected chi connectivity index (χ0v) is 6.92. The molecule has 2 aromatic rings. The van der Waals surface area contributed by atoms with Crippen molar-refractivity contribution < 1.29 is 4.39 Å². The Morgan fingerprint density at radius 2 is 1.85 bits per heavy atom. The molecule has 0 atom stereocenters. The maximum Gasteiger partial charge on any atom is 0.131 e. The molecule has 1 aliphatic rings. The van der Waals surface area contributed by atoms with Gasteiger partial charge < -0.3 is 0 Å². The lowest BCUT2D eigenvalue weighted by Crippen LogP contribution is -1.82. The Hall–Kier alpha value is -1.63. The van der Waals surface area contributed by atoms with E-state index in [4.69, 9.17) is 0 Å². The van der Waals surface area contributed by atoms with Crippen molar-refractivity contribution >= 4 is 22.9 Å². The highest BCUT2D eigenvalue weighted by Crippen LogP contribution is 2.32. The van der Waals surface area contributed by atoms with E-state index in [1.807, 2.05) is 36.4 Å². The van der Waals surface area contributed by atoms with Gasteiger partial charge in [-0.3, -0.25) is 0 Å². The Morgan fingerprint density at radius 3 is 2.77 bits per heavy atom. The molecule has 0 amide bonds. The molecular weight excluding hydrogens is 163 g/mol. The van der Waals surface area contributed by atoms with Gasteiger partial charge in [-0.15, -0.1) is 0 Å². The van der Waals surface area contributed by atoms with Crippen molar-refractivity contribution in [2.45, 2.75) is 0 Å². The molecule has 1 heteroatoms. The van der Waals surface area contributed by atoms with Gasteiger partial charge in [0.25, 0.3) is 0 Å². The van der Waals surface area contributed by atoms with Gasteiger partial charge >= 0.3 is 0 Å². The minimum absolute atomic E-state index is 0.131.